The van der Waals surface area contributed by atoms with Crippen LogP contribution in [0.3, 0.4) is 0 Å². The molecule has 0 radical (unpaired) electrons. The lowest BCUT2D eigenvalue weighted by Crippen LogP contribution is -2.57. The van der Waals surface area contributed by atoms with Crippen LogP contribution in [0.4, 0.5) is 16.3 Å². The van der Waals surface area contributed by atoms with Crippen LogP contribution < -0.4 is 10.2 Å². The Balaban J connectivity index is 1.24. The number of para-hydroxylation sites is 1. The monoisotopic (exact) mass is 422 g/mol. The second-order valence-corrected chi connectivity index (χ2v) is 7.59. The maximum absolute atomic E-state index is 12.7. The minimum Gasteiger partial charge on any atom is -0.353 e. The molecule has 9 nitrogen and oxygen atoms in total. The van der Waals surface area contributed by atoms with Gasteiger partial charge in [-0.05, 0) is 24.3 Å². The molecule has 4 amide bonds. The third kappa shape index (κ3) is 5.11. The predicted molar refractivity (Wildman–Crippen MR) is 117 cm³/mol. The number of carbonyl (C=O) groups is 3. The van der Waals surface area contributed by atoms with Gasteiger partial charge in [-0.2, -0.15) is 0 Å². The van der Waals surface area contributed by atoms with Crippen molar-refractivity contribution < 1.29 is 14.4 Å². The number of anilines is 2. The molecular formula is C22H26N6O3. The Hall–Kier alpha value is -3.62. The van der Waals surface area contributed by atoms with Gasteiger partial charge >= 0.3 is 6.03 Å². The highest BCUT2D eigenvalue weighted by Crippen LogP contribution is 2.14. The van der Waals surface area contributed by atoms with Gasteiger partial charge in [0, 0.05) is 51.2 Å². The van der Waals surface area contributed by atoms with Gasteiger partial charge in [0.25, 0.3) is 0 Å². The maximum Gasteiger partial charge on any atom is 0.322 e. The largest absolute Gasteiger partial charge is 0.353 e. The molecule has 3 heterocycles. The Morgan fingerprint density at radius 2 is 1.58 bits per heavy atom. The van der Waals surface area contributed by atoms with E-state index in [0.717, 1.165) is 5.82 Å². The molecule has 2 saturated heterocycles. The summed E-state index contributed by atoms with van der Waals surface area (Å²) in [6.07, 6.45) is 1.76. The fraction of sp³-hybridized carbons (Fsp3) is 0.364. The highest BCUT2D eigenvalue weighted by Gasteiger charge is 2.30. The molecule has 0 unspecified atom stereocenters. The summed E-state index contributed by atoms with van der Waals surface area (Å²) in [5, 5.41) is 2.79. The molecule has 2 fully saturated rings. The SMILES string of the molecule is O=C(CN1CCN(C(=O)Nc2ccccc2)CC1=O)N1CCN(c2ccccn2)CC1. The number of nitrogens with one attached hydrogen (secondary N) is 1. The molecule has 0 bridgehead atoms. The van der Waals surface area contributed by atoms with Gasteiger partial charge < -0.3 is 24.9 Å². The second-order valence-electron chi connectivity index (χ2n) is 7.59. The average Bonchev–Trinajstić information content (AvgIpc) is 2.81. The molecule has 2 aliphatic rings. The van der Waals surface area contributed by atoms with Gasteiger partial charge in [0.1, 0.15) is 12.4 Å². The number of carbonyl (C=O) groups excluding carboxylic acids is 3. The molecule has 2 aliphatic heterocycles. The fourth-order valence-electron chi connectivity index (χ4n) is 3.76. The van der Waals surface area contributed by atoms with Crippen LogP contribution in [0.25, 0.3) is 0 Å². The Kier molecular flexibility index (Phi) is 6.30. The molecule has 0 saturated carbocycles. The van der Waals surface area contributed by atoms with Gasteiger partial charge in [0.15, 0.2) is 0 Å². The third-order valence-corrected chi connectivity index (χ3v) is 5.56. The van der Waals surface area contributed by atoms with Crippen molar-refractivity contribution in [2.24, 2.45) is 0 Å². The van der Waals surface area contributed by atoms with Gasteiger partial charge in [-0.1, -0.05) is 24.3 Å². The van der Waals surface area contributed by atoms with E-state index >= 15 is 0 Å². The van der Waals surface area contributed by atoms with Crippen LogP contribution in [0.2, 0.25) is 0 Å². The number of urea groups is 1. The van der Waals surface area contributed by atoms with E-state index in [2.05, 4.69) is 15.2 Å². The molecule has 1 aromatic heterocycles. The highest BCUT2D eigenvalue weighted by molar-refractivity contribution is 5.94. The lowest BCUT2D eigenvalue weighted by Gasteiger charge is -2.38. The Morgan fingerprint density at radius 3 is 2.26 bits per heavy atom. The van der Waals surface area contributed by atoms with Crippen LogP contribution in [0.1, 0.15) is 0 Å². The second kappa shape index (κ2) is 9.46. The zero-order valence-electron chi connectivity index (χ0n) is 17.3. The van der Waals surface area contributed by atoms with Crippen LogP contribution in [0.5, 0.6) is 0 Å². The lowest BCUT2D eigenvalue weighted by atomic mass is 10.2. The Labute approximate surface area is 181 Å². The van der Waals surface area contributed by atoms with Gasteiger partial charge in [0.05, 0.1) is 6.54 Å². The van der Waals surface area contributed by atoms with E-state index in [-0.39, 0.29) is 30.9 Å². The Bertz CT molecular complexity index is 915. The van der Waals surface area contributed by atoms with Crippen molar-refractivity contribution in [3.63, 3.8) is 0 Å². The lowest BCUT2D eigenvalue weighted by molar-refractivity contribution is -0.143. The number of nitrogens with zero attached hydrogens (tertiary/aromatic N) is 5. The first-order chi connectivity index (χ1) is 15.1. The van der Waals surface area contributed by atoms with Crippen LogP contribution in [-0.2, 0) is 9.59 Å². The Morgan fingerprint density at radius 1 is 0.871 bits per heavy atom. The average molecular weight is 422 g/mol. The number of hydrogen-bond donors (Lipinski definition) is 1. The van der Waals surface area contributed by atoms with Crippen molar-refractivity contribution in [3.8, 4) is 0 Å². The van der Waals surface area contributed by atoms with Crippen molar-refractivity contribution in [3.05, 3.63) is 54.7 Å². The molecule has 162 valence electrons. The van der Waals surface area contributed by atoms with Crippen molar-refractivity contribution in [1.29, 1.82) is 0 Å². The highest BCUT2D eigenvalue weighted by atomic mass is 16.2. The van der Waals surface area contributed by atoms with Crippen LogP contribution in [0, 0.1) is 0 Å². The van der Waals surface area contributed by atoms with Gasteiger partial charge in [-0.3, -0.25) is 9.59 Å². The number of hydrogen-bond acceptors (Lipinski definition) is 5. The van der Waals surface area contributed by atoms with E-state index in [4.69, 9.17) is 0 Å². The van der Waals surface area contributed by atoms with Crippen molar-refractivity contribution in [2.45, 2.75) is 0 Å². The number of benzene rings is 1. The summed E-state index contributed by atoms with van der Waals surface area (Å²) >= 11 is 0. The van der Waals surface area contributed by atoms with Crippen LogP contribution in [-0.4, -0.2) is 89.9 Å². The smallest absolute Gasteiger partial charge is 0.322 e. The minimum absolute atomic E-state index is 0.0284. The first-order valence-electron chi connectivity index (χ1n) is 10.4. The summed E-state index contributed by atoms with van der Waals surface area (Å²) in [5.41, 5.74) is 0.683. The summed E-state index contributed by atoms with van der Waals surface area (Å²) in [4.78, 5) is 49.0. The van der Waals surface area contributed by atoms with Crippen molar-refractivity contribution in [2.75, 3.05) is 62.6 Å². The van der Waals surface area contributed by atoms with E-state index in [1.54, 1.807) is 28.1 Å². The minimum atomic E-state index is -0.309. The molecule has 31 heavy (non-hydrogen) atoms. The van der Waals surface area contributed by atoms with E-state index in [0.29, 0.717) is 45.0 Å². The molecule has 0 aliphatic carbocycles. The van der Waals surface area contributed by atoms with Gasteiger partial charge in [-0.15, -0.1) is 0 Å². The van der Waals surface area contributed by atoms with Crippen LogP contribution in [0.15, 0.2) is 54.7 Å². The molecule has 0 atom stereocenters. The summed E-state index contributed by atoms with van der Waals surface area (Å²) < 4.78 is 0. The topological polar surface area (TPSA) is 89.1 Å². The van der Waals surface area contributed by atoms with Crippen LogP contribution >= 0.6 is 0 Å². The molecule has 4 rings (SSSR count). The number of aromatic nitrogens is 1. The zero-order valence-corrected chi connectivity index (χ0v) is 17.3. The molecule has 0 spiro atoms. The number of piperazine rings is 2. The first kappa shape index (κ1) is 20.6. The number of pyridine rings is 1. The zero-order chi connectivity index (χ0) is 21.6. The standard InChI is InChI=1S/C22H26N6O3/c29-20(26-12-10-25(11-13-26)19-8-4-5-9-23-19)16-27-14-15-28(17-21(27)30)22(31)24-18-6-2-1-3-7-18/h1-9H,10-17H2,(H,24,31). The number of rotatable bonds is 4. The molecule has 1 aromatic carbocycles. The number of amides is 4. The summed E-state index contributed by atoms with van der Waals surface area (Å²) in [6, 6.07) is 14.6. The van der Waals surface area contributed by atoms with E-state index in [1.807, 2.05) is 36.4 Å². The molecule has 1 N–H and O–H groups in total. The van der Waals surface area contributed by atoms with Crippen molar-refractivity contribution >= 4 is 29.4 Å². The quantitative estimate of drug-likeness (QED) is 0.797. The van der Waals surface area contributed by atoms with E-state index in [9.17, 15) is 14.4 Å². The van der Waals surface area contributed by atoms with Crippen molar-refractivity contribution in [1.82, 2.24) is 19.7 Å². The fourth-order valence-corrected chi connectivity index (χ4v) is 3.76. The summed E-state index contributed by atoms with van der Waals surface area (Å²) in [5.74, 6) is 0.640. The van der Waals surface area contributed by atoms with Gasteiger partial charge in [-0.25, -0.2) is 9.78 Å². The predicted octanol–water partition coefficient (Wildman–Crippen LogP) is 1.11. The van der Waals surface area contributed by atoms with Gasteiger partial charge in [0.2, 0.25) is 11.8 Å². The molecule has 2 aromatic rings. The van der Waals surface area contributed by atoms with E-state index in [1.165, 1.54) is 4.90 Å². The third-order valence-electron chi connectivity index (χ3n) is 5.56. The molecular weight excluding hydrogens is 396 g/mol. The first-order valence-corrected chi connectivity index (χ1v) is 10.4. The maximum atomic E-state index is 12.7. The summed E-state index contributed by atoms with van der Waals surface area (Å²) in [6.45, 7) is 3.39. The summed E-state index contributed by atoms with van der Waals surface area (Å²) in [7, 11) is 0. The normalized spacial score (nSPS) is 17.0. The van der Waals surface area contributed by atoms with E-state index < -0.39 is 0 Å². The molecule has 9 heteroatoms.